The molecule has 0 bridgehead atoms. The molecule has 0 unspecified atom stereocenters. The van der Waals surface area contributed by atoms with Crippen LogP contribution < -0.4 is 5.32 Å². The summed E-state index contributed by atoms with van der Waals surface area (Å²) >= 11 is 0. The van der Waals surface area contributed by atoms with Gasteiger partial charge in [0.15, 0.2) is 0 Å². The Hall–Kier alpha value is -2.16. The van der Waals surface area contributed by atoms with Gasteiger partial charge in [-0.2, -0.15) is 0 Å². The SMILES string of the molecule is Cc1ccc2c(c1)[C@H](Cc1ccc(F)cc1)C(=O)N2. The van der Waals surface area contributed by atoms with Gasteiger partial charge in [-0.1, -0.05) is 29.8 Å². The van der Waals surface area contributed by atoms with Crippen LogP contribution in [0.5, 0.6) is 0 Å². The van der Waals surface area contributed by atoms with E-state index in [0.717, 1.165) is 22.4 Å². The molecule has 0 aliphatic carbocycles. The number of hydrogen-bond acceptors (Lipinski definition) is 1. The standard InChI is InChI=1S/C16H14FNO/c1-10-2-7-15-13(8-10)14(16(19)18-15)9-11-3-5-12(17)6-4-11/h2-8,14H,9H2,1H3,(H,18,19)/t14-/m0/s1. The zero-order valence-electron chi connectivity index (χ0n) is 10.6. The fourth-order valence-corrected chi connectivity index (χ4v) is 2.50. The molecule has 0 aromatic heterocycles. The van der Waals surface area contributed by atoms with Gasteiger partial charge in [0, 0.05) is 5.69 Å². The topological polar surface area (TPSA) is 29.1 Å². The van der Waals surface area contributed by atoms with Gasteiger partial charge in [-0.15, -0.1) is 0 Å². The third-order valence-electron chi connectivity index (χ3n) is 3.51. The van der Waals surface area contributed by atoms with Crippen LogP contribution in [0.15, 0.2) is 42.5 Å². The molecule has 0 radical (unpaired) electrons. The monoisotopic (exact) mass is 255 g/mol. The van der Waals surface area contributed by atoms with Crippen LogP contribution in [0.4, 0.5) is 10.1 Å². The van der Waals surface area contributed by atoms with Crippen LogP contribution in [0.25, 0.3) is 0 Å². The van der Waals surface area contributed by atoms with Crippen molar-refractivity contribution in [3.63, 3.8) is 0 Å². The van der Waals surface area contributed by atoms with Crippen molar-refractivity contribution in [3.8, 4) is 0 Å². The van der Waals surface area contributed by atoms with Crippen molar-refractivity contribution in [1.29, 1.82) is 0 Å². The normalized spacial score (nSPS) is 17.2. The van der Waals surface area contributed by atoms with Crippen LogP contribution in [0.2, 0.25) is 0 Å². The van der Waals surface area contributed by atoms with Gasteiger partial charge in [0.2, 0.25) is 5.91 Å². The Balaban J connectivity index is 1.91. The number of carbonyl (C=O) groups excluding carboxylic acids is 1. The first-order valence-corrected chi connectivity index (χ1v) is 6.29. The van der Waals surface area contributed by atoms with E-state index in [2.05, 4.69) is 5.32 Å². The van der Waals surface area contributed by atoms with Crippen molar-refractivity contribution in [2.75, 3.05) is 5.32 Å². The molecule has 0 saturated heterocycles. The van der Waals surface area contributed by atoms with Gasteiger partial charge >= 0.3 is 0 Å². The van der Waals surface area contributed by atoms with Crippen molar-refractivity contribution in [1.82, 2.24) is 0 Å². The number of rotatable bonds is 2. The Morgan fingerprint density at radius 3 is 2.63 bits per heavy atom. The summed E-state index contributed by atoms with van der Waals surface area (Å²) in [6, 6.07) is 12.3. The van der Waals surface area contributed by atoms with E-state index in [9.17, 15) is 9.18 Å². The summed E-state index contributed by atoms with van der Waals surface area (Å²) in [5.74, 6) is -0.416. The Morgan fingerprint density at radius 1 is 1.16 bits per heavy atom. The number of nitrogens with one attached hydrogen (secondary N) is 1. The molecule has 19 heavy (non-hydrogen) atoms. The quantitative estimate of drug-likeness (QED) is 0.875. The minimum absolute atomic E-state index is 0.0184. The van der Waals surface area contributed by atoms with Crippen molar-refractivity contribution >= 4 is 11.6 Å². The number of carbonyl (C=O) groups is 1. The van der Waals surface area contributed by atoms with Crippen LogP contribution in [0.1, 0.15) is 22.6 Å². The zero-order chi connectivity index (χ0) is 13.4. The van der Waals surface area contributed by atoms with Gasteiger partial charge in [0.05, 0.1) is 5.92 Å². The largest absolute Gasteiger partial charge is 0.325 e. The second-order valence-electron chi connectivity index (χ2n) is 4.96. The van der Waals surface area contributed by atoms with Gasteiger partial charge in [-0.25, -0.2) is 4.39 Å². The number of benzene rings is 2. The van der Waals surface area contributed by atoms with Gasteiger partial charge in [-0.05, 0) is 42.7 Å². The third kappa shape index (κ3) is 2.24. The van der Waals surface area contributed by atoms with Gasteiger partial charge < -0.3 is 5.32 Å². The number of amides is 1. The lowest BCUT2D eigenvalue weighted by molar-refractivity contribution is -0.117. The summed E-state index contributed by atoms with van der Waals surface area (Å²) < 4.78 is 12.9. The summed E-state index contributed by atoms with van der Waals surface area (Å²) in [4.78, 5) is 12.0. The second-order valence-corrected chi connectivity index (χ2v) is 4.96. The van der Waals surface area contributed by atoms with Crippen LogP contribution in [0.3, 0.4) is 0 Å². The number of aryl methyl sites for hydroxylation is 1. The van der Waals surface area contributed by atoms with E-state index in [-0.39, 0.29) is 17.6 Å². The minimum Gasteiger partial charge on any atom is -0.325 e. The van der Waals surface area contributed by atoms with Crippen LogP contribution >= 0.6 is 0 Å². The van der Waals surface area contributed by atoms with E-state index < -0.39 is 0 Å². The average molecular weight is 255 g/mol. The fourth-order valence-electron chi connectivity index (χ4n) is 2.50. The predicted octanol–water partition coefficient (Wildman–Crippen LogP) is 3.41. The number of hydrogen-bond donors (Lipinski definition) is 1. The van der Waals surface area contributed by atoms with Crippen molar-refractivity contribution < 1.29 is 9.18 Å². The van der Waals surface area contributed by atoms with E-state index >= 15 is 0 Å². The third-order valence-corrected chi connectivity index (χ3v) is 3.51. The molecule has 0 saturated carbocycles. The lowest BCUT2D eigenvalue weighted by Gasteiger charge is -2.09. The highest BCUT2D eigenvalue weighted by Gasteiger charge is 2.30. The lowest BCUT2D eigenvalue weighted by atomic mass is 9.92. The van der Waals surface area contributed by atoms with E-state index in [4.69, 9.17) is 0 Å². The highest BCUT2D eigenvalue weighted by atomic mass is 19.1. The molecule has 1 heterocycles. The fraction of sp³-hybridized carbons (Fsp3) is 0.188. The zero-order valence-corrected chi connectivity index (χ0v) is 10.6. The van der Waals surface area contributed by atoms with Gasteiger partial charge in [0.25, 0.3) is 0 Å². The lowest BCUT2D eigenvalue weighted by Crippen LogP contribution is -2.14. The molecule has 3 rings (SSSR count). The Labute approximate surface area is 111 Å². The van der Waals surface area contributed by atoms with Crippen molar-refractivity contribution in [2.24, 2.45) is 0 Å². The maximum absolute atomic E-state index is 12.9. The highest BCUT2D eigenvalue weighted by Crippen LogP contribution is 2.35. The Kier molecular flexibility index (Phi) is 2.82. The van der Waals surface area contributed by atoms with Crippen molar-refractivity contribution in [3.05, 3.63) is 65.0 Å². The molecule has 1 amide bonds. The smallest absolute Gasteiger partial charge is 0.232 e. The van der Waals surface area contributed by atoms with Gasteiger partial charge in [0.1, 0.15) is 5.82 Å². The Bertz CT molecular complexity index is 634. The molecule has 1 atom stereocenters. The summed E-state index contributed by atoms with van der Waals surface area (Å²) in [6.45, 7) is 2.01. The first kappa shape index (κ1) is 11.9. The van der Waals surface area contributed by atoms with Crippen molar-refractivity contribution in [2.45, 2.75) is 19.3 Å². The number of anilines is 1. The van der Waals surface area contributed by atoms with Crippen LogP contribution in [-0.4, -0.2) is 5.91 Å². The van der Waals surface area contributed by atoms with E-state index in [0.29, 0.717) is 6.42 Å². The maximum Gasteiger partial charge on any atom is 0.232 e. The number of halogens is 1. The molecule has 2 aromatic carbocycles. The highest BCUT2D eigenvalue weighted by molar-refractivity contribution is 6.03. The molecule has 2 nitrogen and oxygen atoms in total. The summed E-state index contributed by atoms with van der Waals surface area (Å²) in [7, 11) is 0. The molecular formula is C16H14FNO. The molecule has 96 valence electrons. The van der Waals surface area contributed by atoms with Gasteiger partial charge in [-0.3, -0.25) is 4.79 Å². The molecule has 1 aliphatic heterocycles. The molecule has 1 N–H and O–H groups in total. The van der Waals surface area contributed by atoms with Crippen LogP contribution in [0, 0.1) is 12.7 Å². The second kappa shape index (κ2) is 4.50. The van der Waals surface area contributed by atoms with E-state index in [1.807, 2.05) is 25.1 Å². The first-order valence-electron chi connectivity index (χ1n) is 6.29. The summed E-state index contributed by atoms with van der Waals surface area (Å²) in [5, 5.41) is 2.89. The first-order chi connectivity index (χ1) is 9.13. The number of fused-ring (bicyclic) bond motifs is 1. The van der Waals surface area contributed by atoms with E-state index in [1.54, 1.807) is 12.1 Å². The predicted molar refractivity (Wildman–Crippen MR) is 72.7 cm³/mol. The average Bonchev–Trinajstić information content (AvgIpc) is 2.69. The summed E-state index contributed by atoms with van der Waals surface area (Å²) in [6.07, 6.45) is 0.600. The molecule has 2 aromatic rings. The van der Waals surface area contributed by atoms with E-state index in [1.165, 1.54) is 12.1 Å². The Morgan fingerprint density at radius 2 is 1.89 bits per heavy atom. The molecule has 1 aliphatic rings. The minimum atomic E-state index is -0.254. The molecule has 3 heteroatoms. The maximum atomic E-state index is 12.9. The summed E-state index contributed by atoms with van der Waals surface area (Å²) in [5.41, 5.74) is 4.03. The molecule has 0 fully saturated rings. The molecular weight excluding hydrogens is 241 g/mol. The van der Waals surface area contributed by atoms with Crippen LogP contribution in [-0.2, 0) is 11.2 Å². The molecule has 0 spiro atoms.